The molecule has 3 nitrogen and oxygen atoms in total. The van der Waals surface area contributed by atoms with E-state index in [-0.39, 0.29) is 0 Å². The van der Waals surface area contributed by atoms with Crippen molar-refractivity contribution >= 4 is 40.4 Å². The number of β-amino-alcohol motifs (C(OH)–C–C–N with tert-alkyl or cyclic N) is 1. The molecule has 0 radical (unpaired) electrons. The maximum absolute atomic E-state index is 10.7. The maximum Gasteiger partial charge on any atom is 0.0891 e. The second-order valence-electron chi connectivity index (χ2n) is 6.16. The van der Waals surface area contributed by atoms with Gasteiger partial charge in [-0.3, -0.25) is 0 Å². The van der Waals surface area contributed by atoms with Crippen molar-refractivity contribution in [3.8, 4) is 0 Å². The molecule has 0 saturated heterocycles. The van der Waals surface area contributed by atoms with Crippen LogP contribution in [0.15, 0.2) is 82.6 Å². The lowest BCUT2D eigenvalue weighted by molar-refractivity contribution is 0.195. The molecule has 26 heavy (non-hydrogen) atoms. The molecule has 1 aliphatic heterocycles. The van der Waals surface area contributed by atoms with Crippen molar-refractivity contribution < 1.29 is 5.11 Å². The molecule has 0 bridgehead atoms. The lowest BCUT2D eigenvalue weighted by atomic mass is 10.2. The Bertz CT molecular complexity index is 872. The predicted molar refractivity (Wildman–Crippen MR) is 110 cm³/mol. The highest BCUT2D eigenvalue weighted by Crippen LogP contribution is 2.47. The zero-order chi connectivity index (χ0) is 17.9. The molecule has 0 aromatic heterocycles. The molecule has 132 valence electrons. The molecule has 0 spiro atoms. The van der Waals surface area contributed by atoms with E-state index in [0.29, 0.717) is 18.1 Å². The highest BCUT2D eigenvalue weighted by molar-refractivity contribution is 7.99. The van der Waals surface area contributed by atoms with Gasteiger partial charge in [-0.1, -0.05) is 59.8 Å². The van der Waals surface area contributed by atoms with E-state index in [1.807, 2.05) is 48.5 Å². The van der Waals surface area contributed by atoms with Crippen LogP contribution < -0.4 is 10.2 Å². The number of hydrogen-bond acceptors (Lipinski definition) is 4. The Morgan fingerprint density at radius 2 is 1.46 bits per heavy atom. The summed E-state index contributed by atoms with van der Waals surface area (Å²) in [5, 5.41) is 14.5. The molecule has 4 rings (SSSR count). The maximum atomic E-state index is 10.7. The van der Waals surface area contributed by atoms with Crippen LogP contribution in [0, 0.1) is 0 Å². The van der Waals surface area contributed by atoms with Crippen molar-refractivity contribution in [2.75, 3.05) is 23.3 Å². The first-order valence-electron chi connectivity index (χ1n) is 8.52. The Morgan fingerprint density at radius 3 is 2.12 bits per heavy atom. The lowest BCUT2D eigenvalue weighted by Crippen LogP contribution is -2.34. The van der Waals surface area contributed by atoms with Crippen molar-refractivity contribution in [2.45, 2.75) is 15.9 Å². The Labute approximate surface area is 162 Å². The average Bonchev–Trinajstić information content (AvgIpc) is 2.67. The summed E-state index contributed by atoms with van der Waals surface area (Å²) in [4.78, 5) is 4.61. The minimum absolute atomic E-state index is 0.428. The van der Waals surface area contributed by atoms with Crippen LogP contribution in [0.25, 0.3) is 0 Å². The summed E-state index contributed by atoms with van der Waals surface area (Å²) in [6.07, 6.45) is -0.546. The Hall–Kier alpha value is -2.14. The van der Waals surface area contributed by atoms with Gasteiger partial charge in [-0.05, 0) is 36.4 Å². The van der Waals surface area contributed by atoms with E-state index in [0.717, 1.165) is 17.1 Å². The summed E-state index contributed by atoms with van der Waals surface area (Å²) in [5.74, 6) is 0. The molecule has 2 N–H and O–H groups in total. The van der Waals surface area contributed by atoms with Gasteiger partial charge >= 0.3 is 0 Å². The number of halogens is 1. The van der Waals surface area contributed by atoms with E-state index in [1.165, 1.54) is 9.79 Å². The fraction of sp³-hybridized carbons (Fsp3) is 0.143. The van der Waals surface area contributed by atoms with E-state index in [9.17, 15) is 5.11 Å². The van der Waals surface area contributed by atoms with E-state index in [2.05, 4.69) is 34.5 Å². The molecule has 0 aliphatic carbocycles. The molecule has 5 heteroatoms. The summed E-state index contributed by atoms with van der Waals surface area (Å²) in [5.41, 5.74) is 3.10. The van der Waals surface area contributed by atoms with E-state index < -0.39 is 6.10 Å². The standard InChI is InChI=1S/C21H19ClN2OS/c22-16-7-1-2-8-17(16)23-13-15(25)14-24-18-9-3-5-11-20(18)26-21-12-6-4-10-19(21)24/h1-12,15,23,25H,13-14H2. The number of benzene rings is 3. The molecular weight excluding hydrogens is 364 g/mol. The topological polar surface area (TPSA) is 35.5 Å². The first kappa shape index (κ1) is 17.3. The third kappa shape index (κ3) is 3.54. The van der Waals surface area contributed by atoms with Gasteiger partial charge in [-0.25, -0.2) is 0 Å². The zero-order valence-corrected chi connectivity index (χ0v) is 15.7. The fourth-order valence-corrected chi connectivity index (χ4v) is 4.38. The van der Waals surface area contributed by atoms with Crippen molar-refractivity contribution in [1.29, 1.82) is 0 Å². The van der Waals surface area contributed by atoms with Crippen molar-refractivity contribution in [3.63, 3.8) is 0 Å². The van der Waals surface area contributed by atoms with E-state index in [1.54, 1.807) is 11.8 Å². The van der Waals surface area contributed by atoms with Gasteiger partial charge < -0.3 is 15.3 Å². The summed E-state index contributed by atoms with van der Waals surface area (Å²) in [6.45, 7) is 0.934. The monoisotopic (exact) mass is 382 g/mol. The van der Waals surface area contributed by atoms with Crippen LogP contribution in [0.5, 0.6) is 0 Å². The van der Waals surface area contributed by atoms with Crippen LogP contribution in [0.2, 0.25) is 5.02 Å². The second-order valence-corrected chi connectivity index (χ2v) is 7.65. The van der Waals surface area contributed by atoms with Crippen LogP contribution in [-0.2, 0) is 0 Å². The number of hydrogen-bond donors (Lipinski definition) is 2. The van der Waals surface area contributed by atoms with Crippen LogP contribution >= 0.6 is 23.4 Å². The SMILES string of the molecule is OC(CNc1ccccc1Cl)CN1c2ccccc2Sc2ccccc21. The quantitative estimate of drug-likeness (QED) is 0.618. The molecule has 0 amide bonds. The van der Waals surface area contributed by atoms with Crippen molar-refractivity contribution in [2.24, 2.45) is 0 Å². The van der Waals surface area contributed by atoms with Gasteiger partial charge in [-0.15, -0.1) is 0 Å². The van der Waals surface area contributed by atoms with E-state index in [4.69, 9.17) is 11.6 Å². The van der Waals surface area contributed by atoms with Gasteiger partial charge in [-0.2, -0.15) is 0 Å². The molecule has 0 fully saturated rings. The van der Waals surface area contributed by atoms with Crippen molar-refractivity contribution in [1.82, 2.24) is 0 Å². The molecule has 1 unspecified atom stereocenters. The van der Waals surface area contributed by atoms with Gasteiger partial charge in [0, 0.05) is 16.3 Å². The molecular formula is C21H19ClN2OS. The predicted octanol–water partition coefficient (Wildman–Crippen LogP) is 5.42. The number of anilines is 3. The normalized spacial score (nSPS) is 13.7. The van der Waals surface area contributed by atoms with Gasteiger partial charge in [0.2, 0.25) is 0 Å². The van der Waals surface area contributed by atoms with Crippen molar-refractivity contribution in [3.05, 3.63) is 77.8 Å². The smallest absolute Gasteiger partial charge is 0.0891 e. The number of aliphatic hydroxyl groups excluding tert-OH is 1. The summed E-state index contributed by atoms with van der Waals surface area (Å²) >= 11 is 7.95. The number of aliphatic hydroxyl groups is 1. The van der Waals surface area contributed by atoms with E-state index >= 15 is 0 Å². The molecule has 3 aromatic carbocycles. The fourth-order valence-electron chi connectivity index (χ4n) is 3.09. The van der Waals surface area contributed by atoms with Crippen LogP contribution in [-0.4, -0.2) is 24.3 Å². The number of fused-ring (bicyclic) bond motifs is 2. The third-order valence-electron chi connectivity index (χ3n) is 4.33. The summed E-state index contributed by atoms with van der Waals surface area (Å²) in [6, 6.07) is 24.2. The number of nitrogens with zero attached hydrogens (tertiary/aromatic N) is 1. The molecule has 1 atom stereocenters. The zero-order valence-electron chi connectivity index (χ0n) is 14.1. The van der Waals surface area contributed by atoms with Crippen LogP contribution in [0.3, 0.4) is 0 Å². The highest BCUT2D eigenvalue weighted by Gasteiger charge is 2.24. The minimum atomic E-state index is -0.546. The molecule has 1 aliphatic rings. The average molecular weight is 383 g/mol. The largest absolute Gasteiger partial charge is 0.389 e. The third-order valence-corrected chi connectivity index (χ3v) is 5.79. The highest BCUT2D eigenvalue weighted by atomic mass is 35.5. The Morgan fingerprint density at radius 1 is 0.885 bits per heavy atom. The Kier molecular flexibility index (Phi) is 5.07. The van der Waals surface area contributed by atoms with Crippen LogP contribution in [0.1, 0.15) is 0 Å². The van der Waals surface area contributed by atoms with Gasteiger partial charge in [0.05, 0.1) is 34.7 Å². The number of nitrogens with one attached hydrogen (secondary N) is 1. The minimum Gasteiger partial charge on any atom is -0.389 e. The Balaban J connectivity index is 1.53. The first-order valence-corrected chi connectivity index (χ1v) is 9.72. The number of rotatable bonds is 5. The number of para-hydroxylation sites is 3. The van der Waals surface area contributed by atoms with Crippen LogP contribution in [0.4, 0.5) is 17.1 Å². The van der Waals surface area contributed by atoms with Gasteiger partial charge in [0.15, 0.2) is 0 Å². The molecule has 1 heterocycles. The van der Waals surface area contributed by atoms with Gasteiger partial charge in [0.1, 0.15) is 0 Å². The molecule has 3 aromatic rings. The van der Waals surface area contributed by atoms with Gasteiger partial charge in [0.25, 0.3) is 0 Å². The molecule has 0 saturated carbocycles. The first-order chi connectivity index (χ1) is 12.7. The summed E-state index contributed by atoms with van der Waals surface area (Å²) in [7, 11) is 0. The second kappa shape index (κ2) is 7.62. The summed E-state index contributed by atoms with van der Waals surface area (Å²) < 4.78 is 0. The lowest BCUT2D eigenvalue weighted by Gasteiger charge is -2.34.